The number of carboxylic acids is 1. The second-order valence-corrected chi connectivity index (χ2v) is 6.72. The van der Waals surface area contributed by atoms with Crippen molar-refractivity contribution in [3.05, 3.63) is 58.7 Å². The van der Waals surface area contributed by atoms with E-state index < -0.39 is 5.97 Å². The molecule has 0 amide bonds. The number of hydrogen-bond acceptors (Lipinski definition) is 4. The minimum atomic E-state index is -0.927. The molecule has 0 aromatic carbocycles. The van der Waals surface area contributed by atoms with E-state index in [2.05, 4.69) is 24.0 Å². The zero-order valence-electron chi connectivity index (χ0n) is 16.7. The molecule has 6 heteroatoms. The number of fused-ring (bicyclic) bond motifs is 1. The van der Waals surface area contributed by atoms with Gasteiger partial charge in [-0.05, 0) is 49.6 Å². The normalized spacial score (nSPS) is 11.9. The van der Waals surface area contributed by atoms with E-state index in [9.17, 15) is 9.90 Å². The standard InChI is InChI=1S/C22H25N3O3/c1-5-15(22(26)27)10-18-19(13-28-4)24-25-17(6-2)7-8-20(25)21(18)16-9-14(3)11-23-12-16/h7-12H,5-6,13H2,1-4H3,(H,26,27)/b15-10+. The molecule has 0 atom stereocenters. The predicted octanol–water partition coefficient (Wildman–Crippen LogP) is 4.29. The molecule has 0 saturated heterocycles. The van der Waals surface area contributed by atoms with Gasteiger partial charge in [0, 0.05) is 47.5 Å². The first-order valence-electron chi connectivity index (χ1n) is 9.38. The molecule has 0 radical (unpaired) electrons. The van der Waals surface area contributed by atoms with Crippen LogP contribution in [0.1, 0.15) is 42.8 Å². The lowest BCUT2D eigenvalue weighted by Crippen LogP contribution is -2.09. The Kier molecular flexibility index (Phi) is 5.90. The molecular weight excluding hydrogens is 354 g/mol. The first-order valence-corrected chi connectivity index (χ1v) is 9.38. The monoisotopic (exact) mass is 379 g/mol. The number of aryl methyl sites for hydroxylation is 2. The SMILES string of the molecule is CC/C(=C\c1c(COC)nn2c(CC)ccc2c1-c1cncc(C)c1)C(=O)O. The minimum absolute atomic E-state index is 0.284. The topological polar surface area (TPSA) is 76.7 Å². The van der Waals surface area contributed by atoms with Crippen LogP contribution in [0.5, 0.6) is 0 Å². The quantitative estimate of drug-likeness (QED) is 0.620. The molecule has 0 spiro atoms. The van der Waals surface area contributed by atoms with Crippen molar-refractivity contribution in [3.63, 3.8) is 0 Å². The predicted molar refractivity (Wildman–Crippen MR) is 109 cm³/mol. The van der Waals surface area contributed by atoms with Gasteiger partial charge in [0.05, 0.1) is 17.8 Å². The molecule has 146 valence electrons. The van der Waals surface area contributed by atoms with Gasteiger partial charge >= 0.3 is 5.97 Å². The molecule has 0 aliphatic heterocycles. The Labute approximate surface area is 164 Å². The molecule has 6 nitrogen and oxygen atoms in total. The third kappa shape index (κ3) is 3.68. The number of carboxylic acid groups (broad SMARTS) is 1. The summed E-state index contributed by atoms with van der Waals surface area (Å²) in [5.41, 5.74) is 6.68. The van der Waals surface area contributed by atoms with Crippen molar-refractivity contribution in [2.24, 2.45) is 0 Å². The van der Waals surface area contributed by atoms with E-state index >= 15 is 0 Å². The zero-order chi connectivity index (χ0) is 20.3. The van der Waals surface area contributed by atoms with Gasteiger partial charge in [-0.25, -0.2) is 9.31 Å². The van der Waals surface area contributed by atoms with E-state index in [4.69, 9.17) is 9.84 Å². The van der Waals surface area contributed by atoms with Gasteiger partial charge in [-0.15, -0.1) is 0 Å². The molecule has 0 bridgehead atoms. The second-order valence-electron chi connectivity index (χ2n) is 6.72. The zero-order valence-corrected chi connectivity index (χ0v) is 16.7. The molecular formula is C22H25N3O3. The van der Waals surface area contributed by atoms with Crippen LogP contribution in [0, 0.1) is 6.92 Å². The molecule has 0 unspecified atom stereocenters. The molecule has 3 rings (SSSR count). The fourth-order valence-electron chi connectivity index (χ4n) is 3.39. The fraction of sp³-hybridized carbons (Fsp3) is 0.318. The number of hydrogen-bond donors (Lipinski definition) is 1. The van der Waals surface area contributed by atoms with Crippen LogP contribution in [0.25, 0.3) is 22.7 Å². The van der Waals surface area contributed by atoms with Gasteiger partial charge in [0.1, 0.15) is 0 Å². The Balaban J connectivity index is 2.45. The maximum absolute atomic E-state index is 11.7. The second kappa shape index (κ2) is 8.35. The van der Waals surface area contributed by atoms with E-state index in [1.807, 2.05) is 24.4 Å². The summed E-state index contributed by atoms with van der Waals surface area (Å²) in [4.78, 5) is 16.0. The Morgan fingerprint density at radius 3 is 2.68 bits per heavy atom. The van der Waals surface area contributed by atoms with E-state index in [-0.39, 0.29) is 6.61 Å². The molecule has 3 aromatic heterocycles. The Morgan fingerprint density at radius 2 is 2.07 bits per heavy atom. The number of nitrogens with zero attached hydrogens (tertiary/aromatic N) is 3. The Morgan fingerprint density at radius 1 is 1.29 bits per heavy atom. The van der Waals surface area contributed by atoms with Crippen molar-refractivity contribution >= 4 is 17.6 Å². The van der Waals surface area contributed by atoms with Crippen LogP contribution in [0.15, 0.2) is 36.2 Å². The highest BCUT2D eigenvalue weighted by Gasteiger charge is 2.19. The molecule has 3 heterocycles. The van der Waals surface area contributed by atoms with E-state index in [0.29, 0.717) is 17.7 Å². The third-order valence-corrected chi connectivity index (χ3v) is 4.77. The molecule has 0 fully saturated rings. The first kappa shape index (κ1) is 19.8. The van der Waals surface area contributed by atoms with Gasteiger partial charge in [-0.2, -0.15) is 5.10 Å². The van der Waals surface area contributed by atoms with Crippen molar-refractivity contribution in [2.75, 3.05) is 7.11 Å². The lowest BCUT2D eigenvalue weighted by molar-refractivity contribution is -0.132. The summed E-state index contributed by atoms with van der Waals surface area (Å²) in [5.74, 6) is -0.927. The third-order valence-electron chi connectivity index (χ3n) is 4.77. The summed E-state index contributed by atoms with van der Waals surface area (Å²) in [6, 6.07) is 6.14. The Bertz CT molecular complexity index is 1050. The highest BCUT2D eigenvalue weighted by Crippen LogP contribution is 2.33. The van der Waals surface area contributed by atoms with Gasteiger partial charge in [0.25, 0.3) is 0 Å². The van der Waals surface area contributed by atoms with Gasteiger partial charge < -0.3 is 9.84 Å². The summed E-state index contributed by atoms with van der Waals surface area (Å²) < 4.78 is 7.32. The average Bonchev–Trinajstić information content (AvgIpc) is 3.08. The van der Waals surface area contributed by atoms with Gasteiger partial charge in [-0.1, -0.05) is 13.8 Å². The van der Waals surface area contributed by atoms with Gasteiger partial charge in [-0.3, -0.25) is 4.98 Å². The van der Waals surface area contributed by atoms with Gasteiger partial charge in [0.15, 0.2) is 0 Å². The van der Waals surface area contributed by atoms with Crippen molar-refractivity contribution < 1.29 is 14.6 Å². The van der Waals surface area contributed by atoms with Crippen LogP contribution in [0.2, 0.25) is 0 Å². The van der Waals surface area contributed by atoms with E-state index in [1.54, 1.807) is 25.6 Å². The van der Waals surface area contributed by atoms with Crippen LogP contribution in [0.3, 0.4) is 0 Å². The molecule has 3 aromatic rings. The lowest BCUT2D eigenvalue weighted by Gasteiger charge is -2.16. The summed E-state index contributed by atoms with van der Waals surface area (Å²) in [7, 11) is 1.61. The Hall–Kier alpha value is -2.99. The van der Waals surface area contributed by atoms with Crippen LogP contribution in [-0.4, -0.2) is 32.8 Å². The largest absolute Gasteiger partial charge is 0.478 e. The number of methoxy groups -OCH3 is 1. The maximum Gasteiger partial charge on any atom is 0.331 e. The highest BCUT2D eigenvalue weighted by molar-refractivity contribution is 5.96. The molecule has 0 aliphatic rings. The average molecular weight is 379 g/mol. The number of aliphatic carboxylic acids is 1. The molecule has 0 aliphatic carbocycles. The van der Waals surface area contributed by atoms with Crippen LogP contribution >= 0.6 is 0 Å². The molecule has 0 saturated carbocycles. The summed E-state index contributed by atoms with van der Waals surface area (Å²) in [6.45, 7) is 6.19. The maximum atomic E-state index is 11.7. The van der Waals surface area contributed by atoms with Crippen LogP contribution < -0.4 is 0 Å². The number of ether oxygens (including phenoxy) is 1. The van der Waals surface area contributed by atoms with E-state index in [1.165, 1.54) is 0 Å². The molecule has 28 heavy (non-hydrogen) atoms. The number of pyridine rings is 1. The first-order chi connectivity index (χ1) is 13.5. The summed E-state index contributed by atoms with van der Waals surface area (Å²) >= 11 is 0. The number of rotatable bonds is 7. The van der Waals surface area contributed by atoms with Crippen molar-refractivity contribution in [2.45, 2.75) is 40.2 Å². The smallest absolute Gasteiger partial charge is 0.331 e. The number of carbonyl (C=O) groups is 1. The summed E-state index contributed by atoms with van der Waals surface area (Å²) in [6.07, 6.45) is 6.59. The minimum Gasteiger partial charge on any atom is -0.478 e. The van der Waals surface area contributed by atoms with Gasteiger partial charge in [0.2, 0.25) is 0 Å². The fourth-order valence-corrected chi connectivity index (χ4v) is 3.39. The van der Waals surface area contributed by atoms with Crippen molar-refractivity contribution in [1.82, 2.24) is 14.6 Å². The van der Waals surface area contributed by atoms with Crippen molar-refractivity contribution in [3.8, 4) is 11.1 Å². The highest BCUT2D eigenvalue weighted by atomic mass is 16.5. The summed E-state index contributed by atoms with van der Waals surface area (Å²) in [5, 5.41) is 14.4. The molecule has 1 N–H and O–H groups in total. The van der Waals surface area contributed by atoms with E-state index in [0.717, 1.165) is 39.9 Å². The van der Waals surface area contributed by atoms with Crippen LogP contribution in [0.4, 0.5) is 0 Å². The number of aromatic nitrogens is 3. The van der Waals surface area contributed by atoms with Crippen molar-refractivity contribution in [1.29, 1.82) is 0 Å². The van der Waals surface area contributed by atoms with Crippen LogP contribution in [-0.2, 0) is 22.6 Å². The lowest BCUT2D eigenvalue weighted by atomic mass is 9.96.